The van der Waals surface area contributed by atoms with E-state index in [1.54, 1.807) is 0 Å². The fraction of sp³-hybridized carbons (Fsp3) is 0.455. The van der Waals surface area contributed by atoms with Crippen molar-refractivity contribution in [3.8, 4) is 11.5 Å². The molecular weight excluding hydrogens is 360 g/mol. The van der Waals surface area contributed by atoms with Crippen LogP contribution in [0.25, 0.3) is 0 Å². The Morgan fingerprint density at radius 1 is 1.11 bits per heavy atom. The van der Waals surface area contributed by atoms with Gasteiger partial charge in [0, 0.05) is 49.0 Å². The van der Waals surface area contributed by atoms with Gasteiger partial charge in [-0.2, -0.15) is 0 Å². The van der Waals surface area contributed by atoms with Gasteiger partial charge in [0.2, 0.25) is 0 Å². The maximum atomic E-state index is 9.96. The monoisotopic (exact) mass is 388 g/mol. The van der Waals surface area contributed by atoms with Gasteiger partial charge in [0.1, 0.15) is 18.1 Å². The number of benzene rings is 2. The van der Waals surface area contributed by atoms with E-state index in [1.165, 1.54) is 5.69 Å². The van der Waals surface area contributed by atoms with Crippen LogP contribution in [0.3, 0.4) is 0 Å². The van der Waals surface area contributed by atoms with Crippen LogP contribution in [0, 0.1) is 6.92 Å². The summed E-state index contributed by atoms with van der Waals surface area (Å²) in [5.41, 5.74) is 3.10. The fourth-order valence-corrected chi connectivity index (χ4v) is 3.63. The molecule has 2 aromatic carbocycles. The molecule has 0 bridgehead atoms. The van der Waals surface area contributed by atoms with Gasteiger partial charge in [0.25, 0.3) is 0 Å². The molecule has 4 nitrogen and oxygen atoms in total. The molecule has 0 atom stereocenters. The van der Waals surface area contributed by atoms with Crippen LogP contribution in [-0.4, -0.2) is 49.3 Å². The minimum Gasteiger partial charge on any atom is -0.508 e. The van der Waals surface area contributed by atoms with Gasteiger partial charge in [-0.05, 0) is 48.7 Å². The molecule has 5 heteroatoms. The van der Waals surface area contributed by atoms with Crippen LogP contribution < -0.4 is 9.64 Å². The molecule has 2 aromatic rings. The van der Waals surface area contributed by atoms with E-state index in [0.717, 1.165) is 54.6 Å². The molecule has 0 unspecified atom stereocenters. The van der Waals surface area contributed by atoms with Crippen molar-refractivity contribution in [3.05, 3.63) is 52.5 Å². The predicted molar refractivity (Wildman–Crippen MR) is 113 cm³/mol. The summed E-state index contributed by atoms with van der Waals surface area (Å²) in [6.07, 6.45) is 0. The number of hydrogen-bond acceptors (Lipinski definition) is 4. The van der Waals surface area contributed by atoms with Crippen molar-refractivity contribution in [2.24, 2.45) is 0 Å². The molecule has 1 N–H and O–H groups in total. The lowest BCUT2D eigenvalue weighted by molar-refractivity contribution is 0.199. The number of anilines is 1. The van der Waals surface area contributed by atoms with Crippen LogP contribution >= 0.6 is 11.6 Å². The highest BCUT2D eigenvalue weighted by molar-refractivity contribution is 6.30. The SMILES string of the molecule is Cc1cc(OCCN2CCN(c3cccc(Cl)c3)CC2)c(C(C)C)cc1O. The highest BCUT2D eigenvalue weighted by atomic mass is 35.5. The predicted octanol–water partition coefficient (Wildman–Crippen LogP) is 4.68. The Morgan fingerprint density at radius 2 is 1.85 bits per heavy atom. The highest BCUT2D eigenvalue weighted by Crippen LogP contribution is 2.32. The first kappa shape index (κ1) is 19.8. The van der Waals surface area contributed by atoms with Crippen molar-refractivity contribution in [2.75, 3.05) is 44.2 Å². The Kier molecular flexibility index (Phi) is 6.51. The first-order chi connectivity index (χ1) is 12.9. The van der Waals surface area contributed by atoms with Gasteiger partial charge < -0.3 is 14.7 Å². The molecule has 1 aliphatic heterocycles. The molecule has 0 saturated carbocycles. The minimum absolute atomic E-state index is 0.313. The van der Waals surface area contributed by atoms with Crippen molar-refractivity contribution in [2.45, 2.75) is 26.7 Å². The third kappa shape index (κ3) is 5.08. The standard InChI is InChI=1S/C22H29ClN2O2/c1-16(2)20-15-21(26)17(3)13-22(20)27-12-11-24-7-9-25(10-8-24)19-6-4-5-18(23)14-19/h4-6,13-16,26H,7-12H2,1-3H3. The first-order valence-electron chi connectivity index (χ1n) is 9.63. The van der Waals surface area contributed by atoms with Gasteiger partial charge in [-0.3, -0.25) is 4.90 Å². The zero-order chi connectivity index (χ0) is 19.4. The van der Waals surface area contributed by atoms with Crippen LogP contribution in [0.5, 0.6) is 11.5 Å². The molecule has 1 saturated heterocycles. The second-order valence-corrected chi connectivity index (χ2v) is 7.92. The number of rotatable bonds is 6. The van der Waals surface area contributed by atoms with E-state index < -0.39 is 0 Å². The van der Waals surface area contributed by atoms with Gasteiger partial charge in [-0.15, -0.1) is 0 Å². The van der Waals surface area contributed by atoms with Gasteiger partial charge in [-0.25, -0.2) is 0 Å². The summed E-state index contributed by atoms with van der Waals surface area (Å²) in [5.74, 6) is 1.54. The van der Waals surface area contributed by atoms with E-state index in [9.17, 15) is 5.11 Å². The second-order valence-electron chi connectivity index (χ2n) is 7.49. The lowest BCUT2D eigenvalue weighted by atomic mass is 10.00. The van der Waals surface area contributed by atoms with E-state index in [4.69, 9.17) is 16.3 Å². The third-order valence-corrected chi connectivity index (χ3v) is 5.40. The van der Waals surface area contributed by atoms with Gasteiger partial charge in [-0.1, -0.05) is 31.5 Å². The molecule has 3 rings (SSSR count). The first-order valence-corrected chi connectivity index (χ1v) is 10.0. The molecule has 0 amide bonds. The largest absolute Gasteiger partial charge is 0.508 e. The van der Waals surface area contributed by atoms with Crippen molar-refractivity contribution in [3.63, 3.8) is 0 Å². The number of piperazine rings is 1. The Morgan fingerprint density at radius 3 is 2.52 bits per heavy atom. The van der Waals surface area contributed by atoms with Crippen molar-refractivity contribution in [1.29, 1.82) is 0 Å². The van der Waals surface area contributed by atoms with Crippen LogP contribution in [0.2, 0.25) is 5.02 Å². The van der Waals surface area contributed by atoms with E-state index in [2.05, 4.69) is 29.7 Å². The summed E-state index contributed by atoms with van der Waals surface area (Å²) >= 11 is 6.11. The molecule has 27 heavy (non-hydrogen) atoms. The van der Waals surface area contributed by atoms with E-state index >= 15 is 0 Å². The topological polar surface area (TPSA) is 35.9 Å². The number of aromatic hydroxyl groups is 1. The van der Waals surface area contributed by atoms with Crippen LogP contribution in [-0.2, 0) is 0 Å². The summed E-state index contributed by atoms with van der Waals surface area (Å²) in [6.45, 7) is 11.7. The van der Waals surface area contributed by atoms with Gasteiger partial charge >= 0.3 is 0 Å². The number of hydrogen-bond donors (Lipinski definition) is 1. The number of nitrogens with zero attached hydrogens (tertiary/aromatic N) is 2. The molecule has 0 radical (unpaired) electrons. The Hall–Kier alpha value is -1.91. The second kappa shape index (κ2) is 8.85. The molecule has 1 heterocycles. The summed E-state index contributed by atoms with van der Waals surface area (Å²) in [6, 6.07) is 11.8. The van der Waals surface area contributed by atoms with Crippen molar-refractivity contribution >= 4 is 17.3 Å². The summed E-state index contributed by atoms with van der Waals surface area (Å²) in [5, 5.41) is 10.7. The van der Waals surface area contributed by atoms with Crippen LogP contribution in [0.4, 0.5) is 5.69 Å². The van der Waals surface area contributed by atoms with E-state index in [1.807, 2.05) is 37.3 Å². The van der Waals surface area contributed by atoms with Crippen LogP contribution in [0.1, 0.15) is 30.9 Å². The number of ether oxygens (including phenoxy) is 1. The molecule has 1 aliphatic rings. The number of phenolic OH excluding ortho intramolecular Hbond substituents is 1. The average Bonchev–Trinajstić information content (AvgIpc) is 2.64. The quantitative estimate of drug-likeness (QED) is 0.779. The Balaban J connectivity index is 1.50. The maximum absolute atomic E-state index is 9.96. The molecular formula is C22H29ClN2O2. The molecule has 0 aliphatic carbocycles. The lowest BCUT2D eigenvalue weighted by Crippen LogP contribution is -2.47. The summed E-state index contributed by atoms with van der Waals surface area (Å²) in [7, 11) is 0. The number of halogens is 1. The van der Waals surface area contributed by atoms with E-state index in [-0.39, 0.29) is 0 Å². The van der Waals surface area contributed by atoms with Gasteiger partial charge in [0.15, 0.2) is 0 Å². The minimum atomic E-state index is 0.313. The number of phenols is 1. The Bertz CT molecular complexity index is 771. The fourth-order valence-electron chi connectivity index (χ4n) is 3.45. The molecule has 1 fully saturated rings. The smallest absolute Gasteiger partial charge is 0.123 e. The normalized spacial score (nSPS) is 15.4. The molecule has 0 aromatic heterocycles. The average molecular weight is 389 g/mol. The van der Waals surface area contributed by atoms with Crippen LogP contribution in [0.15, 0.2) is 36.4 Å². The number of aryl methyl sites for hydroxylation is 1. The molecule has 146 valence electrons. The summed E-state index contributed by atoms with van der Waals surface area (Å²) in [4.78, 5) is 4.81. The molecule has 0 spiro atoms. The third-order valence-electron chi connectivity index (χ3n) is 5.16. The van der Waals surface area contributed by atoms with E-state index in [0.29, 0.717) is 18.3 Å². The zero-order valence-electron chi connectivity index (χ0n) is 16.4. The summed E-state index contributed by atoms with van der Waals surface area (Å²) < 4.78 is 6.08. The van der Waals surface area contributed by atoms with Crippen molar-refractivity contribution < 1.29 is 9.84 Å². The Labute approximate surface area is 167 Å². The van der Waals surface area contributed by atoms with Crippen molar-refractivity contribution in [1.82, 2.24) is 4.90 Å². The zero-order valence-corrected chi connectivity index (χ0v) is 17.2. The van der Waals surface area contributed by atoms with Gasteiger partial charge in [0.05, 0.1) is 0 Å². The highest BCUT2D eigenvalue weighted by Gasteiger charge is 2.18. The lowest BCUT2D eigenvalue weighted by Gasteiger charge is -2.36. The maximum Gasteiger partial charge on any atom is 0.123 e.